The maximum absolute atomic E-state index is 12.9. The monoisotopic (exact) mass is 413 g/mol. The van der Waals surface area contributed by atoms with Gasteiger partial charge in [0.15, 0.2) is 0 Å². The second-order valence-electron chi connectivity index (χ2n) is 7.32. The van der Waals surface area contributed by atoms with E-state index in [1.54, 1.807) is 13.0 Å². The zero-order chi connectivity index (χ0) is 21.1. The summed E-state index contributed by atoms with van der Waals surface area (Å²) in [5.74, 6) is -0.568. The van der Waals surface area contributed by atoms with Gasteiger partial charge in [-0.2, -0.15) is 0 Å². The fourth-order valence-electron chi connectivity index (χ4n) is 2.85. The minimum Gasteiger partial charge on any atom is -0.461 e. The molecule has 7 nitrogen and oxygen atoms in total. The first-order valence-corrected chi connectivity index (χ1v) is 10.1. The van der Waals surface area contributed by atoms with Crippen LogP contribution in [-0.4, -0.2) is 28.0 Å². The van der Waals surface area contributed by atoms with E-state index in [0.29, 0.717) is 33.0 Å². The number of nitrogens with zero attached hydrogens (tertiary/aromatic N) is 2. The summed E-state index contributed by atoms with van der Waals surface area (Å²) in [6.07, 6.45) is 1.33. The molecule has 29 heavy (non-hydrogen) atoms. The fraction of sp³-hybridized carbons (Fsp3) is 0.333. The van der Waals surface area contributed by atoms with Crippen LogP contribution in [0.4, 0.5) is 5.69 Å². The largest absolute Gasteiger partial charge is 0.461 e. The van der Waals surface area contributed by atoms with Gasteiger partial charge in [-0.25, -0.2) is 9.78 Å². The van der Waals surface area contributed by atoms with Crippen molar-refractivity contribution in [2.45, 2.75) is 34.2 Å². The van der Waals surface area contributed by atoms with Gasteiger partial charge < -0.3 is 10.1 Å². The molecule has 0 spiro atoms. The molecule has 0 unspecified atom stereocenters. The highest BCUT2D eigenvalue weighted by atomic mass is 32.1. The number of fused-ring (bicyclic) bond motifs is 1. The Bertz CT molecular complexity index is 1130. The molecule has 0 fully saturated rings. The molecule has 0 aliphatic rings. The lowest BCUT2D eigenvalue weighted by molar-refractivity contribution is -0.116. The normalized spacial score (nSPS) is 11.1. The summed E-state index contributed by atoms with van der Waals surface area (Å²) in [6, 6.07) is 7.41. The van der Waals surface area contributed by atoms with Crippen molar-refractivity contribution in [2.24, 2.45) is 5.92 Å². The van der Waals surface area contributed by atoms with E-state index in [1.807, 2.05) is 39.0 Å². The van der Waals surface area contributed by atoms with Gasteiger partial charge in [0.2, 0.25) is 5.91 Å². The van der Waals surface area contributed by atoms with Crippen LogP contribution in [0.15, 0.2) is 35.4 Å². The smallest absolute Gasteiger partial charge is 0.348 e. The van der Waals surface area contributed by atoms with Crippen LogP contribution in [0.25, 0.3) is 10.2 Å². The molecule has 1 amide bonds. The Balaban J connectivity index is 1.84. The number of benzene rings is 1. The standard InChI is InChI=1S/C21H23N3O4S/c1-12(2)10-28-21(27)18-14(4)17-19(29-18)22-11-24(20(17)26)9-16(25)23-15-7-5-6-13(3)8-15/h5-8,11-12H,9-10H2,1-4H3,(H,23,25). The third-order valence-electron chi connectivity index (χ3n) is 4.27. The maximum atomic E-state index is 12.9. The number of thiophene rings is 1. The summed E-state index contributed by atoms with van der Waals surface area (Å²) in [6.45, 7) is 7.67. The van der Waals surface area contributed by atoms with Gasteiger partial charge in [-0.05, 0) is 43.0 Å². The van der Waals surface area contributed by atoms with E-state index >= 15 is 0 Å². The molecule has 2 aromatic heterocycles. The van der Waals surface area contributed by atoms with Crippen molar-refractivity contribution >= 4 is 39.1 Å². The number of amides is 1. The Morgan fingerprint density at radius 1 is 1.28 bits per heavy atom. The number of rotatable bonds is 6. The molecule has 152 valence electrons. The molecule has 1 N–H and O–H groups in total. The average Bonchev–Trinajstić information content (AvgIpc) is 2.99. The molecule has 0 atom stereocenters. The Labute approximate surface area is 172 Å². The summed E-state index contributed by atoms with van der Waals surface area (Å²) >= 11 is 1.13. The quantitative estimate of drug-likeness (QED) is 0.625. The number of ether oxygens (including phenoxy) is 1. The number of aryl methyl sites for hydroxylation is 2. The van der Waals surface area contributed by atoms with Crippen molar-refractivity contribution in [3.05, 3.63) is 57.0 Å². The van der Waals surface area contributed by atoms with E-state index in [2.05, 4.69) is 10.3 Å². The van der Waals surface area contributed by atoms with Crippen LogP contribution in [0.2, 0.25) is 0 Å². The number of anilines is 1. The summed E-state index contributed by atoms with van der Waals surface area (Å²) in [4.78, 5) is 42.7. The molecule has 2 heterocycles. The molecule has 0 radical (unpaired) electrons. The third kappa shape index (κ3) is 4.71. The van der Waals surface area contributed by atoms with Crippen molar-refractivity contribution in [1.29, 1.82) is 0 Å². The van der Waals surface area contributed by atoms with Gasteiger partial charge >= 0.3 is 5.97 Å². The lowest BCUT2D eigenvalue weighted by Crippen LogP contribution is -2.27. The lowest BCUT2D eigenvalue weighted by atomic mass is 10.2. The minimum absolute atomic E-state index is 0.169. The molecule has 0 aliphatic heterocycles. The molecule has 8 heteroatoms. The number of carbonyl (C=O) groups is 2. The molecule has 3 rings (SSSR count). The zero-order valence-corrected chi connectivity index (χ0v) is 17.6. The van der Waals surface area contributed by atoms with Crippen LogP contribution < -0.4 is 10.9 Å². The average molecular weight is 413 g/mol. The van der Waals surface area contributed by atoms with Gasteiger partial charge in [0.1, 0.15) is 16.3 Å². The molecular formula is C21H23N3O4S. The molecular weight excluding hydrogens is 390 g/mol. The topological polar surface area (TPSA) is 90.3 Å². The van der Waals surface area contributed by atoms with E-state index in [0.717, 1.165) is 16.9 Å². The Morgan fingerprint density at radius 3 is 2.72 bits per heavy atom. The Kier molecular flexibility index (Phi) is 6.12. The molecule has 0 aliphatic carbocycles. The van der Waals surface area contributed by atoms with Crippen molar-refractivity contribution in [1.82, 2.24) is 9.55 Å². The Morgan fingerprint density at radius 2 is 2.03 bits per heavy atom. The third-order valence-corrected chi connectivity index (χ3v) is 5.45. The number of hydrogen-bond donors (Lipinski definition) is 1. The van der Waals surface area contributed by atoms with Crippen LogP contribution in [0.5, 0.6) is 0 Å². The fourth-order valence-corrected chi connectivity index (χ4v) is 3.89. The SMILES string of the molecule is Cc1cccc(NC(=O)Cn2cnc3sc(C(=O)OCC(C)C)c(C)c3c2=O)c1. The summed E-state index contributed by atoms with van der Waals surface area (Å²) in [5.41, 5.74) is 1.86. The maximum Gasteiger partial charge on any atom is 0.348 e. The number of esters is 1. The minimum atomic E-state index is -0.456. The second kappa shape index (κ2) is 8.57. The first-order valence-electron chi connectivity index (χ1n) is 9.28. The zero-order valence-electron chi connectivity index (χ0n) is 16.8. The molecule has 0 saturated heterocycles. The highest BCUT2D eigenvalue weighted by molar-refractivity contribution is 7.20. The van der Waals surface area contributed by atoms with E-state index in [4.69, 9.17) is 4.74 Å². The van der Waals surface area contributed by atoms with Crippen molar-refractivity contribution in [3.63, 3.8) is 0 Å². The van der Waals surface area contributed by atoms with Crippen LogP contribution in [0.3, 0.4) is 0 Å². The van der Waals surface area contributed by atoms with Crippen molar-refractivity contribution < 1.29 is 14.3 Å². The summed E-state index contributed by atoms with van der Waals surface area (Å²) in [7, 11) is 0. The van der Waals surface area contributed by atoms with Crippen LogP contribution in [-0.2, 0) is 16.1 Å². The molecule has 0 bridgehead atoms. The highest BCUT2D eigenvalue weighted by Gasteiger charge is 2.21. The van der Waals surface area contributed by atoms with E-state index in [9.17, 15) is 14.4 Å². The van der Waals surface area contributed by atoms with Gasteiger partial charge in [0.25, 0.3) is 5.56 Å². The first-order chi connectivity index (χ1) is 13.8. The van der Waals surface area contributed by atoms with Crippen LogP contribution in [0, 0.1) is 19.8 Å². The van der Waals surface area contributed by atoms with Gasteiger partial charge in [0, 0.05) is 5.69 Å². The Hall–Kier alpha value is -3.00. The number of hydrogen-bond acceptors (Lipinski definition) is 6. The van der Waals surface area contributed by atoms with E-state index < -0.39 is 5.97 Å². The van der Waals surface area contributed by atoms with E-state index in [-0.39, 0.29) is 23.9 Å². The number of carbonyl (C=O) groups excluding carboxylic acids is 2. The lowest BCUT2D eigenvalue weighted by Gasteiger charge is -2.08. The predicted octanol–water partition coefficient (Wildman–Crippen LogP) is 3.53. The summed E-state index contributed by atoms with van der Waals surface area (Å²) < 4.78 is 6.53. The molecule has 0 saturated carbocycles. The number of aromatic nitrogens is 2. The predicted molar refractivity (Wildman–Crippen MR) is 114 cm³/mol. The van der Waals surface area contributed by atoms with Crippen molar-refractivity contribution in [2.75, 3.05) is 11.9 Å². The van der Waals surface area contributed by atoms with Gasteiger partial charge in [0.05, 0.1) is 18.3 Å². The van der Waals surface area contributed by atoms with E-state index in [1.165, 1.54) is 10.9 Å². The van der Waals surface area contributed by atoms with Crippen LogP contribution >= 0.6 is 11.3 Å². The van der Waals surface area contributed by atoms with Gasteiger partial charge in [-0.3, -0.25) is 14.2 Å². The summed E-state index contributed by atoms with van der Waals surface area (Å²) in [5, 5.41) is 3.12. The number of nitrogens with one attached hydrogen (secondary N) is 1. The van der Waals surface area contributed by atoms with Crippen LogP contribution in [0.1, 0.15) is 34.6 Å². The molecule has 1 aromatic carbocycles. The van der Waals surface area contributed by atoms with Gasteiger partial charge in [-0.15, -0.1) is 11.3 Å². The van der Waals surface area contributed by atoms with Gasteiger partial charge in [-0.1, -0.05) is 26.0 Å². The van der Waals surface area contributed by atoms with Crippen molar-refractivity contribution in [3.8, 4) is 0 Å². The molecule has 3 aromatic rings. The second-order valence-corrected chi connectivity index (χ2v) is 8.32. The highest BCUT2D eigenvalue weighted by Crippen LogP contribution is 2.27. The first kappa shape index (κ1) is 20.7.